The minimum absolute atomic E-state index is 0.0313. The molecule has 1 saturated heterocycles. The van der Waals surface area contributed by atoms with E-state index in [2.05, 4.69) is 24.9 Å². The third kappa shape index (κ3) is 4.79. The predicted molar refractivity (Wildman–Crippen MR) is 118 cm³/mol. The number of hydrogen-bond acceptors (Lipinski definition) is 7. The zero-order valence-corrected chi connectivity index (χ0v) is 18.0. The number of anilines is 3. The summed E-state index contributed by atoms with van der Waals surface area (Å²) in [5.41, 5.74) is 2.09. The van der Waals surface area contributed by atoms with E-state index in [1.807, 2.05) is 25.1 Å². The zero-order valence-electron chi connectivity index (χ0n) is 17.1. The molecular weight excluding hydrogens is 402 g/mol. The number of rotatable bonds is 6. The Morgan fingerprint density at radius 2 is 1.97 bits per heavy atom. The molecule has 2 heterocycles. The number of carbonyl (C=O) groups excluding carboxylic acids is 2. The van der Waals surface area contributed by atoms with E-state index in [1.54, 1.807) is 0 Å². The summed E-state index contributed by atoms with van der Waals surface area (Å²) < 4.78 is 9.61. The van der Waals surface area contributed by atoms with E-state index in [0.29, 0.717) is 41.8 Å². The molecule has 0 atom stereocenters. The number of benzene rings is 1. The Morgan fingerprint density at radius 1 is 1.20 bits per heavy atom. The maximum absolute atomic E-state index is 13.2. The highest BCUT2D eigenvalue weighted by molar-refractivity contribution is 7.09. The Bertz CT molecular complexity index is 904. The normalized spacial score (nSPS) is 17.2. The summed E-state index contributed by atoms with van der Waals surface area (Å²) in [5, 5.41) is 6.00. The van der Waals surface area contributed by atoms with Crippen molar-refractivity contribution in [3.05, 3.63) is 29.6 Å². The lowest BCUT2D eigenvalue weighted by Crippen LogP contribution is -2.36. The lowest BCUT2D eigenvalue weighted by Gasteiger charge is -2.29. The van der Waals surface area contributed by atoms with Gasteiger partial charge < -0.3 is 15.0 Å². The largest absolute Gasteiger partial charge is 0.378 e. The van der Waals surface area contributed by atoms with Gasteiger partial charge in [0, 0.05) is 48.2 Å². The maximum atomic E-state index is 13.2. The maximum Gasteiger partial charge on any atom is 0.325 e. The molecule has 2 aliphatic rings. The van der Waals surface area contributed by atoms with Gasteiger partial charge in [-0.25, -0.2) is 9.78 Å². The third-order valence-corrected chi connectivity index (χ3v) is 6.29. The summed E-state index contributed by atoms with van der Waals surface area (Å²) in [7, 11) is 0. The number of morpholine rings is 1. The van der Waals surface area contributed by atoms with E-state index in [0.717, 1.165) is 56.0 Å². The summed E-state index contributed by atoms with van der Waals surface area (Å²) in [5.74, 6) is 0.841. The van der Waals surface area contributed by atoms with Crippen LogP contribution >= 0.6 is 11.5 Å². The lowest BCUT2D eigenvalue weighted by atomic mass is 9.94. The molecule has 160 valence electrons. The number of nitrogens with zero attached hydrogens (tertiary/aromatic N) is 3. The number of aryl methyl sites for hydroxylation is 1. The van der Waals surface area contributed by atoms with E-state index < -0.39 is 6.03 Å². The van der Waals surface area contributed by atoms with Crippen molar-refractivity contribution in [1.29, 1.82) is 0 Å². The molecule has 0 radical (unpaired) electrons. The molecule has 2 amide bonds. The Balaban J connectivity index is 1.55. The molecule has 1 aliphatic carbocycles. The number of ketones is 1. The van der Waals surface area contributed by atoms with Crippen molar-refractivity contribution in [1.82, 2.24) is 9.36 Å². The fourth-order valence-electron chi connectivity index (χ4n) is 3.97. The minimum Gasteiger partial charge on any atom is -0.378 e. The molecule has 9 heteroatoms. The van der Waals surface area contributed by atoms with E-state index in [1.165, 1.54) is 0 Å². The first-order valence-electron chi connectivity index (χ1n) is 10.6. The molecular formula is C21H27N5O3S. The zero-order chi connectivity index (χ0) is 20.9. The van der Waals surface area contributed by atoms with Crippen LogP contribution in [-0.4, -0.2) is 47.5 Å². The van der Waals surface area contributed by atoms with Crippen LogP contribution in [0, 0.1) is 5.92 Å². The Hall–Kier alpha value is -2.52. The number of hydrogen-bond donors (Lipinski definition) is 2. The van der Waals surface area contributed by atoms with Gasteiger partial charge in [-0.3, -0.25) is 10.1 Å². The molecule has 2 N–H and O–H groups in total. The van der Waals surface area contributed by atoms with Gasteiger partial charge in [0.05, 0.1) is 18.9 Å². The van der Waals surface area contributed by atoms with Gasteiger partial charge in [-0.2, -0.15) is 4.37 Å². The van der Waals surface area contributed by atoms with Gasteiger partial charge in [-0.15, -0.1) is 0 Å². The van der Waals surface area contributed by atoms with Crippen LogP contribution in [-0.2, 0) is 11.2 Å². The molecule has 8 nitrogen and oxygen atoms in total. The smallest absolute Gasteiger partial charge is 0.325 e. The summed E-state index contributed by atoms with van der Waals surface area (Å²) >= 11 is 1.15. The number of ether oxygens (including phenoxy) is 1. The van der Waals surface area contributed by atoms with Crippen LogP contribution in [0.4, 0.5) is 21.3 Å². The highest BCUT2D eigenvalue weighted by Crippen LogP contribution is 2.32. The van der Waals surface area contributed by atoms with Crippen LogP contribution in [0.25, 0.3) is 0 Å². The first-order valence-corrected chi connectivity index (χ1v) is 11.3. The average Bonchev–Trinajstić information content (AvgIpc) is 3.46. The Labute approximate surface area is 180 Å². The van der Waals surface area contributed by atoms with Crippen molar-refractivity contribution >= 4 is 39.9 Å². The van der Waals surface area contributed by atoms with Crippen LogP contribution < -0.4 is 15.5 Å². The quantitative estimate of drug-likeness (QED) is 0.675. The second kappa shape index (κ2) is 9.53. The van der Waals surface area contributed by atoms with Crippen molar-refractivity contribution in [2.75, 3.05) is 41.8 Å². The molecule has 1 saturated carbocycles. The van der Waals surface area contributed by atoms with E-state index in [9.17, 15) is 9.59 Å². The topological polar surface area (TPSA) is 96.5 Å². The fraction of sp³-hybridized carbons (Fsp3) is 0.524. The van der Waals surface area contributed by atoms with Crippen molar-refractivity contribution in [2.24, 2.45) is 5.92 Å². The van der Waals surface area contributed by atoms with E-state index in [4.69, 9.17) is 4.74 Å². The predicted octanol–water partition coefficient (Wildman–Crippen LogP) is 3.95. The Morgan fingerprint density at radius 3 is 2.67 bits per heavy atom. The van der Waals surface area contributed by atoms with Crippen LogP contribution in [0.3, 0.4) is 0 Å². The van der Waals surface area contributed by atoms with E-state index >= 15 is 0 Å². The van der Waals surface area contributed by atoms with Gasteiger partial charge in [0.15, 0.2) is 5.78 Å². The second-order valence-corrected chi connectivity index (χ2v) is 8.38. The first-order chi connectivity index (χ1) is 14.6. The van der Waals surface area contributed by atoms with Gasteiger partial charge in [-0.1, -0.05) is 19.8 Å². The van der Waals surface area contributed by atoms with Gasteiger partial charge >= 0.3 is 6.03 Å². The number of carbonyl (C=O) groups is 2. The number of amides is 2. The summed E-state index contributed by atoms with van der Waals surface area (Å²) in [6.07, 6.45) is 4.70. The van der Waals surface area contributed by atoms with Crippen molar-refractivity contribution in [2.45, 2.75) is 39.0 Å². The van der Waals surface area contributed by atoms with Crippen LogP contribution in [0.1, 0.15) is 48.8 Å². The average molecular weight is 430 g/mol. The molecule has 2 fully saturated rings. The van der Waals surface area contributed by atoms with Crippen molar-refractivity contribution in [3.63, 3.8) is 0 Å². The molecule has 0 bridgehead atoms. The molecule has 0 spiro atoms. The molecule has 1 aliphatic heterocycles. The van der Waals surface area contributed by atoms with E-state index in [-0.39, 0.29) is 11.7 Å². The van der Waals surface area contributed by atoms with Crippen molar-refractivity contribution in [3.8, 4) is 0 Å². The van der Waals surface area contributed by atoms with Crippen LogP contribution in [0.2, 0.25) is 0 Å². The molecule has 4 rings (SSSR count). The molecule has 2 aromatic rings. The van der Waals surface area contributed by atoms with Gasteiger partial charge in [0.25, 0.3) is 0 Å². The number of Topliss-reactive ketones (excluding diaryl/α,β-unsaturated/α-hetero) is 1. The molecule has 30 heavy (non-hydrogen) atoms. The van der Waals surface area contributed by atoms with Crippen LogP contribution in [0.5, 0.6) is 0 Å². The van der Waals surface area contributed by atoms with Gasteiger partial charge in [-0.05, 0) is 31.0 Å². The van der Waals surface area contributed by atoms with Crippen LogP contribution in [0.15, 0.2) is 18.2 Å². The molecule has 1 aromatic heterocycles. The summed E-state index contributed by atoms with van der Waals surface area (Å²) in [4.78, 5) is 32.3. The summed E-state index contributed by atoms with van der Waals surface area (Å²) in [6.45, 7) is 4.90. The molecule has 0 unspecified atom stereocenters. The van der Waals surface area contributed by atoms with Crippen molar-refractivity contribution < 1.29 is 14.3 Å². The molecule has 1 aromatic carbocycles. The highest BCUT2D eigenvalue weighted by Gasteiger charge is 2.27. The first kappa shape index (κ1) is 20.7. The monoisotopic (exact) mass is 429 g/mol. The third-order valence-electron chi connectivity index (χ3n) is 5.62. The number of urea groups is 1. The fourth-order valence-corrected chi connectivity index (χ4v) is 4.62. The Kier molecular flexibility index (Phi) is 6.59. The minimum atomic E-state index is -0.423. The van der Waals surface area contributed by atoms with Gasteiger partial charge in [0.2, 0.25) is 5.13 Å². The second-order valence-electron chi connectivity index (χ2n) is 7.62. The highest BCUT2D eigenvalue weighted by atomic mass is 32.1. The lowest BCUT2D eigenvalue weighted by molar-refractivity contribution is 0.0923. The SMILES string of the molecule is CCc1nsc(NC(=O)Nc2ccc(N3CCOCC3)cc2C(=O)C2CCCC2)n1. The summed E-state index contributed by atoms with van der Waals surface area (Å²) in [6, 6.07) is 5.27. The van der Waals surface area contributed by atoms with Gasteiger partial charge in [0.1, 0.15) is 5.82 Å². The number of aromatic nitrogens is 2. The standard InChI is InChI=1S/C21H27N5O3S/c1-2-18-23-21(30-25-18)24-20(28)22-17-8-7-15(26-9-11-29-12-10-26)13-16(17)19(27)14-5-3-4-6-14/h7-8,13-14H,2-6,9-12H2,1H3,(H2,22,23,24,25,28). The number of nitrogens with one attached hydrogen (secondary N) is 2.